The number of fused-ring (bicyclic) bond motifs is 5. The number of hydrogen-bond acceptors (Lipinski definition) is 3. The van der Waals surface area contributed by atoms with E-state index in [9.17, 15) is 14.4 Å². The van der Waals surface area contributed by atoms with Gasteiger partial charge in [-0.1, -0.05) is 28.1 Å². The number of halogens is 1. The van der Waals surface area contributed by atoms with Crippen LogP contribution in [0.1, 0.15) is 13.3 Å². The fourth-order valence-electron chi connectivity index (χ4n) is 4.20. The van der Waals surface area contributed by atoms with Gasteiger partial charge in [-0.25, -0.2) is 0 Å². The molecule has 5 atom stereocenters. The lowest BCUT2D eigenvalue weighted by Gasteiger charge is -2.23. The minimum atomic E-state index is -0.807. The summed E-state index contributed by atoms with van der Waals surface area (Å²) in [7, 11) is 0. The Balaban J connectivity index is 1.51. The van der Waals surface area contributed by atoms with E-state index in [0.29, 0.717) is 5.69 Å². The third-order valence-electron chi connectivity index (χ3n) is 5.38. The molecule has 3 aliphatic rings. The average Bonchev–Trinajstić information content (AvgIpc) is 3.23. The summed E-state index contributed by atoms with van der Waals surface area (Å²) in [5.74, 6) is -0.961. The molecule has 1 aromatic carbocycles. The SMILES string of the molecule is CC(C(=O)Nc1ccc(Br)cc1)N1C(=O)C2C3C=CC(C3)C2C1=O. The maximum absolute atomic E-state index is 12.7. The van der Waals surface area contributed by atoms with Gasteiger partial charge in [0.25, 0.3) is 0 Å². The van der Waals surface area contributed by atoms with E-state index in [0.717, 1.165) is 10.9 Å². The van der Waals surface area contributed by atoms with Crippen LogP contribution < -0.4 is 5.32 Å². The lowest BCUT2D eigenvalue weighted by atomic mass is 9.85. The number of rotatable bonds is 3. The first-order chi connectivity index (χ1) is 11.5. The normalized spacial score (nSPS) is 31.5. The topological polar surface area (TPSA) is 66.5 Å². The van der Waals surface area contributed by atoms with Crippen molar-refractivity contribution in [2.24, 2.45) is 23.7 Å². The summed E-state index contributed by atoms with van der Waals surface area (Å²) in [4.78, 5) is 39.1. The zero-order valence-electron chi connectivity index (χ0n) is 13.1. The fourth-order valence-corrected chi connectivity index (χ4v) is 4.47. The second-order valence-electron chi connectivity index (χ2n) is 6.72. The molecule has 1 saturated heterocycles. The first kappa shape index (κ1) is 15.6. The number of allylic oxidation sites excluding steroid dienone is 2. The largest absolute Gasteiger partial charge is 0.324 e. The van der Waals surface area contributed by atoms with Crippen molar-refractivity contribution < 1.29 is 14.4 Å². The molecule has 3 amide bonds. The Hall–Kier alpha value is -1.95. The van der Waals surface area contributed by atoms with Crippen LogP contribution in [0.2, 0.25) is 0 Å². The quantitative estimate of drug-likeness (QED) is 0.639. The predicted molar refractivity (Wildman–Crippen MR) is 91.8 cm³/mol. The molecule has 0 aromatic heterocycles. The van der Waals surface area contributed by atoms with Crippen molar-refractivity contribution in [2.75, 3.05) is 5.32 Å². The highest BCUT2D eigenvalue weighted by molar-refractivity contribution is 9.10. The van der Waals surface area contributed by atoms with Crippen LogP contribution >= 0.6 is 15.9 Å². The lowest BCUT2D eigenvalue weighted by Crippen LogP contribution is -2.46. The number of likely N-dealkylation sites (tertiary alicyclic amines) is 1. The molecule has 4 rings (SSSR count). The van der Waals surface area contributed by atoms with Gasteiger partial charge in [-0.3, -0.25) is 19.3 Å². The molecule has 1 saturated carbocycles. The molecule has 1 N–H and O–H groups in total. The molecule has 5 unspecified atom stereocenters. The zero-order valence-corrected chi connectivity index (χ0v) is 14.7. The summed E-state index contributed by atoms with van der Waals surface area (Å²) >= 11 is 3.34. The molecule has 1 heterocycles. The Kier molecular flexibility index (Phi) is 3.60. The summed E-state index contributed by atoms with van der Waals surface area (Å²) in [5, 5.41) is 2.77. The van der Waals surface area contributed by atoms with Gasteiger partial charge in [0.1, 0.15) is 6.04 Å². The standard InChI is InChI=1S/C18H17BrN2O3/c1-9(16(22)20-13-6-4-12(19)5-7-13)21-17(23)14-10-2-3-11(8-10)15(14)18(21)24/h2-7,9-11,14-15H,8H2,1H3,(H,20,22). The second kappa shape index (κ2) is 5.55. The maximum Gasteiger partial charge on any atom is 0.247 e. The Labute approximate surface area is 148 Å². The summed E-state index contributed by atoms with van der Waals surface area (Å²) in [5.41, 5.74) is 0.635. The molecule has 2 fully saturated rings. The van der Waals surface area contributed by atoms with Crippen LogP contribution in [0.4, 0.5) is 5.69 Å². The van der Waals surface area contributed by atoms with E-state index < -0.39 is 6.04 Å². The fraction of sp³-hybridized carbons (Fsp3) is 0.389. The van der Waals surface area contributed by atoms with Crippen molar-refractivity contribution in [3.8, 4) is 0 Å². The number of imide groups is 1. The van der Waals surface area contributed by atoms with Gasteiger partial charge in [-0.15, -0.1) is 0 Å². The van der Waals surface area contributed by atoms with E-state index in [1.807, 2.05) is 24.3 Å². The Bertz CT molecular complexity index is 728. The van der Waals surface area contributed by atoms with Crippen molar-refractivity contribution in [3.63, 3.8) is 0 Å². The van der Waals surface area contributed by atoms with Crippen LogP contribution in [-0.4, -0.2) is 28.7 Å². The number of carbonyl (C=O) groups excluding carboxylic acids is 3. The smallest absolute Gasteiger partial charge is 0.247 e. The Morgan fingerprint density at radius 2 is 1.67 bits per heavy atom. The minimum Gasteiger partial charge on any atom is -0.324 e. The van der Waals surface area contributed by atoms with E-state index in [-0.39, 0.29) is 41.4 Å². The summed E-state index contributed by atoms with van der Waals surface area (Å²) in [6.45, 7) is 1.61. The van der Waals surface area contributed by atoms with Gasteiger partial charge in [-0.05, 0) is 49.4 Å². The first-order valence-electron chi connectivity index (χ1n) is 8.09. The van der Waals surface area contributed by atoms with E-state index in [2.05, 4.69) is 21.2 Å². The predicted octanol–water partition coefficient (Wildman–Crippen LogP) is 2.58. The first-order valence-corrected chi connectivity index (χ1v) is 8.88. The molecule has 2 aliphatic carbocycles. The molecule has 6 heteroatoms. The highest BCUT2D eigenvalue weighted by atomic mass is 79.9. The van der Waals surface area contributed by atoms with Gasteiger partial charge in [0.05, 0.1) is 11.8 Å². The zero-order chi connectivity index (χ0) is 17.0. The number of nitrogens with one attached hydrogen (secondary N) is 1. The molecule has 124 valence electrons. The lowest BCUT2D eigenvalue weighted by molar-refractivity contribution is -0.146. The number of carbonyl (C=O) groups is 3. The molecule has 0 spiro atoms. The minimum absolute atomic E-state index is 0.156. The highest BCUT2D eigenvalue weighted by Gasteiger charge is 2.60. The number of anilines is 1. The van der Waals surface area contributed by atoms with Crippen LogP contribution in [0.3, 0.4) is 0 Å². The van der Waals surface area contributed by atoms with Crippen molar-refractivity contribution >= 4 is 39.3 Å². The molecule has 2 bridgehead atoms. The van der Waals surface area contributed by atoms with Crippen LogP contribution in [-0.2, 0) is 14.4 Å². The third-order valence-corrected chi connectivity index (χ3v) is 5.91. The van der Waals surface area contributed by atoms with Crippen LogP contribution in [0, 0.1) is 23.7 Å². The van der Waals surface area contributed by atoms with E-state index >= 15 is 0 Å². The van der Waals surface area contributed by atoms with E-state index in [1.165, 1.54) is 4.90 Å². The molecule has 24 heavy (non-hydrogen) atoms. The summed E-state index contributed by atoms with van der Waals surface area (Å²) in [6, 6.07) is 6.36. The van der Waals surface area contributed by atoms with Gasteiger partial charge >= 0.3 is 0 Å². The average molecular weight is 389 g/mol. The second-order valence-corrected chi connectivity index (χ2v) is 7.63. The van der Waals surface area contributed by atoms with Crippen LogP contribution in [0.15, 0.2) is 40.9 Å². The maximum atomic E-state index is 12.7. The molecule has 1 aliphatic heterocycles. The molecular formula is C18H17BrN2O3. The summed E-state index contributed by atoms with van der Waals surface area (Å²) in [6.07, 6.45) is 4.99. The van der Waals surface area contributed by atoms with Crippen molar-refractivity contribution in [2.45, 2.75) is 19.4 Å². The van der Waals surface area contributed by atoms with Gasteiger partial charge in [-0.2, -0.15) is 0 Å². The van der Waals surface area contributed by atoms with Gasteiger partial charge in [0.15, 0.2) is 0 Å². The molecule has 1 aromatic rings. The van der Waals surface area contributed by atoms with Gasteiger partial charge in [0, 0.05) is 10.2 Å². The van der Waals surface area contributed by atoms with Gasteiger partial charge in [0.2, 0.25) is 17.7 Å². The Morgan fingerprint density at radius 1 is 1.12 bits per heavy atom. The van der Waals surface area contributed by atoms with Crippen molar-refractivity contribution in [3.05, 3.63) is 40.9 Å². The number of benzene rings is 1. The molecule has 5 nitrogen and oxygen atoms in total. The van der Waals surface area contributed by atoms with E-state index in [4.69, 9.17) is 0 Å². The van der Waals surface area contributed by atoms with Gasteiger partial charge < -0.3 is 5.32 Å². The van der Waals surface area contributed by atoms with Crippen molar-refractivity contribution in [1.82, 2.24) is 4.90 Å². The monoisotopic (exact) mass is 388 g/mol. The molecule has 0 radical (unpaired) electrons. The third kappa shape index (κ3) is 2.24. The van der Waals surface area contributed by atoms with Crippen LogP contribution in [0.5, 0.6) is 0 Å². The van der Waals surface area contributed by atoms with E-state index in [1.54, 1.807) is 19.1 Å². The molecular weight excluding hydrogens is 372 g/mol. The number of amides is 3. The highest BCUT2D eigenvalue weighted by Crippen LogP contribution is 2.52. The number of nitrogens with zero attached hydrogens (tertiary/aromatic N) is 1. The summed E-state index contributed by atoms with van der Waals surface area (Å²) < 4.78 is 0.911. The van der Waals surface area contributed by atoms with Crippen LogP contribution in [0.25, 0.3) is 0 Å². The van der Waals surface area contributed by atoms with Crippen molar-refractivity contribution in [1.29, 1.82) is 0 Å². The Morgan fingerprint density at radius 3 is 2.21 bits per heavy atom. The number of hydrogen-bond donors (Lipinski definition) is 1.